The van der Waals surface area contributed by atoms with Crippen molar-refractivity contribution in [1.29, 1.82) is 0 Å². The highest BCUT2D eigenvalue weighted by Gasteiger charge is 2.19. The molecule has 94 valence electrons. The Kier molecular flexibility index (Phi) is 4.57. The number of amides is 1. The van der Waals surface area contributed by atoms with Gasteiger partial charge in [0.15, 0.2) is 0 Å². The lowest BCUT2D eigenvalue weighted by Crippen LogP contribution is -2.32. The molecule has 0 saturated heterocycles. The van der Waals surface area contributed by atoms with Gasteiger partial charge in [0.25, 0.3) is 0 Å². The first-order chi connectivity index (χ1) is 8.24. The number of carbonyl (C=O) groups is 1. The lowest BCUT2D eigenvalue weighted by atomic mass is 9.87. The summed E-state index contributed by atoms with van der Waals surface area (Å²) in [5.74, 6) is 0.652. The predicted molar refractivity (Wildman–Crippen MR) is 69.0 cm³/mol. The molecule has 0 aromatic carbocycles. The molecule has 0 radical (unpaired) electrons. The van der Waals surface area contributed by atoms with E-state index in [1.165, 1.54) is 0 Å². The number of nitrogens with one attached hydrogen (secondary N) is 1. The second-order valence-corrected chi connectivity index (χ2v) is 5.57. The molecule has 2 rings (SSSR count). The Labute approximate surface area is 106 Å². The molecule has 1 amide bonds. The number of hydrogen-bond acceptors (Lipinski definition) is 3. The average Bonchev–Trinajstić information content (AvgIpc) is 2.81. The molecule has 3 nitrogen and oxygen atoms in total. The lowest BCUT2D eigenvalue weighted by molar-refractivity contribution is -0.120. The van der Waals surface area contributed by atoms with Crippen molar-refractivity contribution in [2.45, 2.75) is 38.2 Å². The number of carbonyl (C=O) groups excluding carboxylic acids is 1. The molecule has 1 aromatic rings. The summed E-state index contributed by atoms with van der Waals surface area (Å²) in [5, 5.41) is 16.4. The smallest absolute Gasteiger partial charge is 0.224 e. The first-order valence-corrected chi connectivity index (χ1v) is 7.14. The van der Waals surface area contributed by atoms with Crippen molar-refractivity contribution >= 4 is 17.2 Å². The summed E-state index contributed by atoms with van der Waals surface area (Å²) in [5.41, 5.74) is 1.09. The molecule has 1 aromatic heterocycles. The van der Waals surface area contributed by atoms with Crippen molar-refractivity contribution < 1.29 is 9.90 Å². The first kappa shape index (κ1) is 12.6. The molecule has 1 heterocycles. The first-order valence-electron chi connectivity index (χ1n) is 6.20. The van der Waals surface area contributed by atoms with Crippen molar-refractivity contribution in [1.82, 2.24) is 5.32 Å². The van der Waals surface area contributed by atoms with Gasteiger partial charge in [0, 0.05) is 6.54 Å². The van der Waals surface area contributed by atoms with E-state index in [9.17, 15) is 9.90 Å². The van der Waals surface area contributed by atoms with E-state index in [0.717, 1.165) is 37.8 Å². The van der Waals surface area contributed by atoms with E-state index in [1.54, 1.807) is 11.3 Å². The molecule has 0 aliphatic heterocycles. The standard InChI is InChI=1S/C13H19NO2S/c15-12-3-1-10(2-4-12)8-14-13(16)7-11-5-6-17-9-11/h5-6,9-10,12,15H,1-4,7-8H2,(H,14,16). The van der Waals surface area contributed by atoms with Crippen LogP contribution in [0.15, 0.2) is 16.8 Å². The van der Waals surface area contributed by atoms with E-state index in [0.29, 0.717) is 12.3 Å². The molecule has 0 unspecified atom stereocenters. The van der Waals surface area contributed by atoms with Crippen LogP contribution in [0.3, 0.4) is 0 Å². The number of hydrogen-bond donors (Lipinski definition) is 2. The Hall–Kier alpha value is -0.870. The van der Waals surface area contributed by atoms with E-state index in [2.05, 4.69) is 5.32 Å². The van der Waals surface area contributed by atoms with Gasteiger partial charge in [-0.15, -0.1) is 0 Å². The highest BCUT2D eigenvalue weighted by Crippen LogP contribution is 2.23. The minimum atomic E-state index is -0.118. The minimum Gasteiger partial charge on any atom is -0.393 e. The maximum absolute atomic E-state index is 11.7. The molecule has 1 saturated carbocycles. The van der Waals surface area contributed by atoms with Gasteiger partial charge in [-0.2, -0.15) is 11.3 Å². The third kappa shape index (κ3) is 4.13. The van der Waals surface area contributed by atoms with Crippen molar-refractivity contribution in [3.63, 3.8) is 0 Å². The highest BCUT2D eigenvalue weighted by molar-refractivity contribution is 7.07. The molecule has 2 N–H and O–H groups in total. The second-order valence-electron chi connectivity index (χ2n) is 4.79. The normalized spacial score (nSPS) is 24.5. The molecule has 1 aliphatic rings. The van der Waals surface area contributed by atoms with Crippen LogP contribution in [-0.2, 0) is 11.2 Å². The molecule has 17 heavy (non-hydrogen) atoms. The van der Waals surface area contributed by atoms with Gasteiger partial charge in [-0.05, 0) is 54.0 Å². The fourth-order valence-corrected chi connectivity index (χ4v) is 2.92. The summed E-state index contributed by atoms with van der Waals surface area (Å²) in [7, 11) is 0. The molecule has 0 spiro atoms. The van der Waals surface area contributed by atoms with Crippen molar-refractivity contribution in [2.75, 3.05) is 6.54 Å². The maximum atomic E-state index is 11.7. The molecular weight excluding hydrogens is 234 g/mol. The topological polar surface area (TPSA) is 49.3 Å². The molecule has 0 atom stereocenters. The highest BCUT2D eigenvalue weighted by atomic mass is 32.1. The van der Waals surface area contributed by atoms with Gasteiger partial charge in [0.1, 0.15) is 0 Å². The Bertz CT molecular complexity index is 342. The van der Waals surface area contributed by atoms with Crippen LogP contribution in [0.25, 0.3) is 0 Å². The van der Waals surface area contributed by atoms with Crippen LogP contribution in [0.2, 0.25) is 0 Å². The summed E-state index contributed by atoms with van der Waals surface area (Å²) >= 11 is 1.62. The fraction of sp³-hybridized carbons (Fsp3) is 0.615. The molecular formula is C13H19NO2S. The SMILES string of the molecule is O=C(Cc1ccsc1)NCC1CCC(O)CC1. The van der Waals surface area contributed by atoms with E-state index in [4.69, 9.17) is 0 Å². The molecule has 1 aliphatic carbocycles. The van der Waals surface area contributed by atoms with Gasteiger partial charge in [-0.1, -0.05) is 0 Å². The predicted octanol–water partition coefficient (Wildman–Crippen LogP) is 1.96. The summed E-state index contributed by atoms with van der Waals surface area (Å²) < 4.78 is 0. The van der Waals surface area contributed by atoms with Gasteiger partial charge >= 0.3 is 0 Å². The van der Waals surface area contributed by atoms with Crippen LogP contribution >= 0.6 is 11.3 Å². The summed E-state index contributed by atoms with van der Waals surface area (Å²) in [6, 6.07) is 1.99. The number of rotatable bonds is 4. The van der Waals surface area contributed by atoms with Crippen LogP contribution < -0.4 is 5.32 Å². The minimum absolute atomic E-state index is 0.106. The van der Waals surface area contributed by atoms with E-state index in [-0.39, 0.29) is 12.0 Å². The Balaban J connectivity index is 1.66. The van der Waals surface area contributed by atoms with Gasteiger partial charge in [0.05, 0.1) is 12.5 Å². The number of aliphatic hydroxyl groups is 1. The van der Waals surface area contributed by atoms with Gasteiger partial charge in [-0.3, -0.25) is 4.79 Å². The van der Waals surface area contributed by atoms with E-state index >= 15 is 0 Å². The van der Waals surface area contributed by atoms with Crippen molar-refractivity contribution in [3.8, 4) is 0 Å². The largest absolute Gasteiger partial charge is 0.393 e. The molecule has 0 bridgehead atoms. The lowest BCUT2D eigenvalue weighted by Gasteiger charge is -2.25. The van der Waals surface area contributed by atoms with Crippen molar-refractivity contribution in [2.24, 2.45) is 5.92 Å². The average molecular weight is 253 g/mol. The Morgan fingerprint density at radius 3 is 2.82 bits per heavy atom. The van der Waals surface area contributed by atoms with Crippen LogP contribution in [0.1, 0.15) is 31.2 Å². The third-order valence-corrected chi connectivity index (χ3v) is 4.08. The molecule has 4 heteroatoms. The Morgan fingerprint density at radius 1 is 1.41 bits per heavy atom. The summed E-state index contributed by atoms with van der Waals surface area (Å²) in [6.45, 7) is 0.760. The van der Waals surface area contributed by atoms with E-state index < -0.39 is 0 Å². The zero-order chi connectivity index (χ0) is 12.1. The van der Waals surface area contributed by atoms with Crippen LogP contribution in [0.5, 0.6) is 0 Å². The number of aliphatic hydroxyl groups excluding tert-OH is 1. The Morgan fingerprint density at radius 2 is 2.18 bits per heavy atom. The maximum Gasteiger partial charge on any atom is 0.224 e. The van der Waals surface area contributed by atoms with Gasteiger partial charge in [-0.25, -0.2) is 0 Å². The van der Waals surface area contributed by atoms with Crippen LogP contribution in [0, 0.1) is 5.92 Å². The summed E-state index contributed by atoms with van der Waals surface area (Å²) in [4.78, 5) is 11.7. The number of thiophene rings is 1. The zero-order valence-corrected chi connectivity index (χ0v) is 10.7. The van der Waals surface area contributed by atoms with Crippen LogP contribution in [0.4, 0.5) is 0 Å². The monoisotopic (exact) mass is 253 g/mol. The van der Waals surface area contributed by atoms with E-state index in [1.807, 2.05) is 16.8 Å². The fourth-order valence-electron chi connectivity index (χ4n) is 2.25. The van der Waals surface area contributed by atoms with Crippen molar-refractivity contribution in [3.05, 3.63) is 22.4 Å². The molecule has 1 fully saturated rings. The zero-order valence-electron chi connectivity index (χ0n) is 9.89. The quantitative estimate of drug-likeness (QED) is 0.861. The van der Waals surface area contributed by atoms with Crippen LogP contribution in [-0.4, -0.2) is 23.7 Å². The van der Waals surface area contributed by atoms with Gasteiger partial charge in [0.2, 0.25) is 5.91 Å². The van der Waals surface area contributed by atoms with Gasteiger partial charge < -0.3 is 10.4 Å². The third-order valence-electron chi connectivity index (χ3n) is 3.35. The second kappa shape index (κ2) is 6.17. The summed E-state index contributed by atoms with van der Waals surface area (Å²) in [6.07, 6.45) is 4.18.